The normalized spacial score (nSPS) is 11.0. The highest BCUT2D eigenvalue weighted by molar-refractivity contribution is 5.84. The molecule has 24 heavy (non-hydrogen) atoms. The Morgan fingerprint density at radius 2 is 1.96 bits per heavy atom. The number of carbonyl (C=O) groups excluding carboxylic acids is 1. The summed E-state index contributed by atoms with van der Waals surface area (Å²) in [7, 11) is 0. The number of benzene rings is 1. The second-order valence-corrected chi connectivity index (χ2v) is 5.86. The fourth-order valence-electron chi connectivity index (χ4n) is 2.88. The van der Waals surface area contributed by atoms with E-state index in [2.05, 4.69) is 33.2 Å². The maximum Gasteiger partial charge on any atom is 0.219 e. The fourth-order valence-corrected chi connectivity index (χ4v) is 2.88. The molecular weight excluding hydrogens is 300 g/mol. The predicted octanol–water partition coefficient (Wildman–Crippen LogP) is 2.24. The number of primary amides is 1. The van der Waals surface area contributed by atoms with E-state index in [-0.39, 0.29) is 5.91 Å². The summed E-state index contributed by atoms with van der Waals surface area (Å²) in [4.78, 5) is 15.1. The minimum atomic E-state index is -0.273. The van der Waals surface area contributed by atoms with Gasteiger partial charge in [-0.2, -0.15) is 0 Å². The Hall–Kier alpha value is -2.66. The number of carbonyl (C=O) groups is 1. The number of nitrogens with zero attached hydrogens (tertiary/aromatic N) is 2. The van der Waals surface area contributed by atoms with E-state index in [1.165, 1.54) is 16.5 Å². The standard InChI is InChI=1S/C19H22N4O/c20-19(24)8-12-23-14-16(17-3-1-2-4-18(17)23)13-22-11-7-15-5-9-21-10-6-15/h1-6,9-10,14,22H,7-8,11-13H2,(H2,20,24). The molecule has 0 aliphatic heterocycles. The average molecular weight is 322 g/mol. The van der Waals surface area contributed by atoms with Crippen molar-refractivity contribution in [1.29, 1.82) is 0 Å². The minimum absolute atomic E-state index is 0.273. The van der Waals surface area contributed by atoms with E-state index in [0.717, 1.165) is 25.0 Å². The Labute approximate surface area is 141 Å². The SMILES string of the molecule is NC(=O)CCn1cc(CNCCc2ccncc2)c2ccccc21. The van der Waals surface area contributed by atoms with E-state index in [1.54, 1.807) is 0 Å². The molecule has 2 aromatic heterocycles. The molecule has 124 valence electrons. The van der Waals surface area contributed by atoms with Gasteiger partial charge < -0.3 is 15.6 Å². The Balaban J connectivity index is 1.64. The van der Waals surface area contributed by atoms with Crippen molar-refractivity contribution in [2.75, 3.05) is 6.54 Å². The monoisotopic (exact) mass is 322 g/mol. The summed E-state index contributed by atoms with van der Waals surface area (Å²) in [5.74, 6) is -0.273. The van der Waals surface area contributed by atoms with Crippen LogP contribution in [0, 0.1) is 0 Å². The molecule has 0 saturated carbocycles. The van der Waals surface area contributed by atoms with Crippen molar-refractivity contribution in [3.63, 3.8) is 0 Å². The Morgan fingerprint density at radius 3 is 2.75 bits per heavy atom. The van der Waals surface area contributed by atoms with Gasteiger partial charge >= 0.3 is 0 Å². The third-order valence-corrected chi connectivity index (χ3v) is 4.13. The summed E-state index contributed by atoms with van der Waals surface area (Å²) in [6.07, 6.45) is 7.09. The molecule has 2 heterocycles. The van der Waals surface area contributed by atoms with Gasteiger partial charge in [0.1, 0.15) is 0 Å². The molecule has 0 radical (unpaired) electrons. The molecule has 1 aromatic carbocycles. The van der Waals surface area contributed by atoms with Crippen LogP contribution in [0.25, 0.3) is 10.9 Å². The van der Waals surface area contributed by atoms with Crippen LogP contribution < -0.4 is 11.1 Å². The Morgan fingerprint density at radius 1 is 1.17 bits per heavy atom. The molecule has 0 fully saturated rings. The van der Waals surface area contributed by atoms with Gasteiger partial charge in [0.15, 0.2) is 0 Å². The van der Waals surface area contributed by atoms with E-state index in [1.807, 2.05) is 36.7 Å². The number of rotatable bonds is 8. The van der Waals surface area contributed by atoms with Crippen molar-refractivity contribution in [2.45, 2.75) is 25.9 Å². The number of amides is 1. The number of hydrogen-bond donors (Lipinski definition) is 2. The summed E-state index contributed by atoms with van der Waals surface area (Å²) in [6, 6.07) is 12.3. The highest BCUT2D eigenvalue weighted by atomic mass is 16.1. The van der Waals surface area contributed by atoms with Gasteiger partial charge in [-0.15, -0.1) is 0 Å². The number of aromatic nitrogens is 2. The van der Waals surface area contributed by atoms with Crippen molar-refractivity contribution < 1.29 is 4.79 Å². The van der Waals surface area contributed by atoms with Crippen molar-refractivity contribution >= 4 is 16.8 Å². The van der Waals surface area contributed by atoms with Gasteiger partial charge in [0.2, 0.25) is 5.91 Å². The largest absolute Gasteiger partial charge is 0.370 e. The first-order valence-electron chi connectivity index (χ1n) is 8.19. The first-order chi connectivity index (χ1) is 11.7. The lowest BCUT2D eigenvalue weighted by Gasteiger charge is -2.04. The van der Waals surface area contributed by atoms with Gasteiger partial charge in [-0.05, 0) is 42.3 Å². The zero-order valence-corrected chi connectivity index (χ0v) is 13.6. The molecule has 0 spiro atoms. The van der Waals surface area contributed by atoms with Gasteiger partial charge in [0.05, 0.1) is 0 Å². The van der Waals surface area contributed by atoms with Gasteiger partial charge in [-0.1, -0.05) is 18.2 Å². The third kappa shape index (κ3) is 4.00. The van der Waals surface area contributed by atoms with Crippen LogP contribution >= 0.6 is 0 Å². The second kappa shape index (κ2) is 7.75. The lowest BCUT2D eigenvalue weighted by Crippen LogP contribution is -2.16. The van der Waals surface area contributed by atoms with E-state index >= 15 is 0 Å². The van der Waals surface area contributed by atoms with Crippen molar-refractivity contribution in [3.05, 3.63) is 66.1 Å². The molecule has 0 atom stereocenters. The number of nitrogens with two attached hydrogens (primary N) is 1. The van der Waals surface area contributed by atoms with Gasteiger partial charge in [0, 0.05) is 49.0 Å². The Bertz CT molecular complexity index is 811. The highest BCUT2D eigenvalue weighted by Gasteiger charge is 2.08. The number of hydrogen-bond acceptors (Lipinski definition) is 3. The van der Waals surface area contributed by atoms with Crippen molar-refractivity contribution in [3.8, 4) is 0 Å². The summed E-state index contributed by atoms with van der Waals surface area (Å²) >= 11 is 0. The molecule has 5 heteroatoms. The van der Waals surface area contributed by atoms with Gasteiger partial charge in [-0.25, -0.2) is 0 Å². The van der Waals surface area contributed by atoms with Crippen LogP contribution in [0.2, 0.25) is 0 Å². The van der Waals surface area contributed by atoms with Gasteiger partial charge in [0.25, 0.3) is 0 Å². The number of fused-ring (bicyclic) bond motifs is 1. The first kappa shape index (κ1) is 16.2. The maximum atomic E-state index is 11.1. The zero-order chi connectivity index (χ0) is 16.8. The van der Waals surface area contributed by atoms with Crippen LogP contribution in [0.4, 0.5) is 0 Å². The van der Waals surface area contributed by atoms with Crippen LogP contribution in [0.15, 0.2) is 55.0 Å². The molecule has 3 aromatic rings. The van der Waals surface area contributed by atoms with Crippen molar-refractivity contribution in [2.24, 2.45) is 5.73 Å². The van der Waals surface area contributed by atoms with Crippen LogP contribution in [-0.4, -0.2) is 22.0 Å². The topological polar surface area (TPSA) is 72.9 Å². The molecule has 0 bridgehead atoms. The molecule has 3 N–H and O–H groups in total. The summed E-state index contributed by atoms with van der Waals surface area (Å²) in [6.45, 7) is 2.33. The number of pyridine rings is 1. The fraction of sp³-hybridized carbons (Fsp3) is 0.263. The second-order valence-electron chi connectivity index (χ2n) is 5.86. The molecular formula is C19H22N4O. The van der Waals surface area contributed by atoms with Crippen LogP contribution in [0.1, 0.15) is 17.5 Å². The molecule has 5 nitrogen and oxygen atoms in total. The molecule has 0 unspecified atom stereocenters. The van der Waals surface area contributed by atoms with E-state index in [4.69, 9.17) is 5.73 Å². The van der Waals surface area contributed by atoms with Crippen LogP contribution in [-0.2, 0) is 24.3 Å². The molecule has 1 amide bonds. The van der Waals surface area contributed by atoms with Crippen molar-refractivity contribution in [1.82, 2.24) is 14.9 Å². The first-order valence-corrected chi connectivity index (χ1v) is 8.19. The minimum Gasteiger partial charge on any atom is -0.370 e. The highest BCUT2D eigenvalue weighted by Crippen LogP contribution is 2.21. The Kier molecular flexibility index (Phi) is 5.23. The van der Waals surface area contributed by atoms with Crippen LogP contribution in [0.5, 0.6) is 0 Å². The predicted molar refractivity (Wildman–Crippen MR) is 95.4 cm³/mol. The smallest absolute Gasteiger partial charge is 0.219 e. The maximum absolute atomic E-state index is 11.1. The molecule has 3 rings (SSSR count). The molecule has 0 aliphatic rings. The number of para-hydroxylation sites is 1. The van der Waals surface area contributed by atoms with E-state index in [9.17, 15) is 4.79 Å². The zero-order valence-electron chi connectivity index (χ0n) is 13.6. The quantitative estimate of drug-likeness (QED) is 0.625. The van der Waals surface area contributed by atoms with E-state index < -0.39 is 0 Å². The summed E-state index contributed by atoms with van der Waals surface area (Å²) in [5.41, 5.74) is 8.94. The third-order valence-electron chi connectivity index (χ3n) is 4.13. The summed E-state index contributed by atoms with van der Waals surface area (Å²) < 4.78 is 2.11. The van der Waals surface area contributed by atoms with E-state index in [0.29, 0.717) is 13.0 Å². The molecule has 0 aliphatic carbocycles. The molecule has 0 saturated heterocycles. The number of aryl methyl sites for hydroxylation is 1. The lowest BCUT2D eigenvalue weighted by atomic mass is 10.1. The van der Waals surface area contributed by atoms with Crippen LogP contribution in [0.3, 0.4) is 0 Å². The summed E-state index contributed by atoms with van der Waals surface area (Å²) in [5, 5.41) is 4.72. The number of nitrogens with one attached hydrogen (secondary N) is 1. The average Bonchev–Trinajstić information content (AvgIpc) is 2.96. The lowest BCUT2D eigenvalue weighted by molar-refractivity contribution is -0.118. The van der Waals surface area contributed by atoms with Gasteiger partial charge in [-0.3, -0.25) is 9.78 Å².